The predicted octanol–water partition coefficient (Wildman–Crippen LogP) is 4.45. The van der Waals surface area contributed by atoms with E-state index in [9.17, 15) is 0 Å². The summed E-state index contributed by atoms with van der Waals surface area (Å²) >= 11 is 1.73. The Balaban J connectivity index is 1.65. The van der Waals surface area contributed by atoms with Gasteiger partial charge in [-0.25, -0.2) is 0 Å². The van der Waals surface area contributed by atoms with Crippen molar-refractivity contribution in [1.29, 1.82) is 0 Å². The molecule has 4 aliphatic rings. The minimum absolute atomic E-state index is 0.221. The first-order chi connectivity index (χ1) is 10.2. The first-order valence-electron chi connectivity index (χ1n) is 8.03. The first kappa shape index (κ1) is 12.3. The van der Waals surface area contributed by atoms with Crippen LogP contribution in [-0.2, 0) is 5.41 Å². The fraction of sp³-hybridized carbons (Fsp3) is 0.588. The van der Waals surface area contributed by atoms with Crippen LogP contribution in [0.2, 0.25) is 0 Å². The summed E-state index contributed by atoms with van der Waals surface area (Å²) < 4.78 is 5.84. The molecule has 4 fully saturated rings. The van der Waals surface area contributed by atoms with Crippen molar-refractivity contribution in [1.82, 2.24) is 5.16 Å². The SMILES string of the molecule is Nc1noc(C23CC4CC(CC(C4)C2)C3)c1-c1cccs1. The molecule has 2 N–H and O–H groups in total. The summed E-state index contributed by atoms with van der Waals surface area (Å²) in [5.41, 5.74) is 7.46. The number of hydrogen-bond acceptors (Lipinski definition) is 4. The van der Waals surface area contributed by atoms with E-state index in [0.29, 0.717) is 5.82 Å². The van der Waals surface area contributed by atoms with E-state index in [1.807, 2.05) is 0 Å². The zero-order valence-corrected chi connectivity index (χ0v) is 12.9. The molecule has 21 heavy (non-hydrogen) atoms. The van der Waals surface area contributed by atoms with Crippen molar-refractivity contribution in [3.05, 3.63) is 23.3 Å². The van der Waals surface area contributed by atoms with Gasteiger partial charge in [-0.2, -0.15) is 0 Å². The van der Waals surface area contributed by atoms with Gasteiger partial charge in [0.25, 0.3) is 0 Å². The second-order valence-electron chi connectivity index (χ2n) is 7.45. The smallest absolute Gasteiger partial charge is 0.175 e. The van der Waals surface area contributed by atoms with E-state index in [4.69, 9.17) is 10.3 Å². The highest BCUT2D eigenvalue weighted by Gasteiger charge is 2.54. The average molecular weight is 300 g/mol. The van der Waals surface area contributed by atoms with Crippen LogP contribution in [0.3, 0.4) is 0 Å². The molecule has 110 valence electrons. The van der Waals surface area contributed by atoms with Crippen LogP contribution in [0.25, 0.3) is 10.4 Å². The van der Waals surface area contributed by atoms with Gasteiger partial charge < -0.3 is 10.3 Å². The van der Waals surface area contributed by atoms with Gasteiger partial charge in [0.15, 0.2) is 11.6 Å². The van der Waals surface area contributed by atoms with Crippen molar-refractivity contribution in [3.63, 3.8) is 0 Å². The van der Waals surface area contributed by atoms with E-state index < -0.39 is 0 Å². The molecule has 6 rings (SSSR count). The van der Waals surface area contributed by atoms with Crippen molar-refractivity contribution in [3.8, 4) is 10.4 Å². The van der Waals surface area contributed by atoms with Crippen molar-refractivity contribution in [2.24, 2.45) is 17.8 Å². The molecule has 2 heterocycles. The van der Waals surface area contributed by atoms with Gasteiger partial charge in [-0.05, 0) is 67.7 Å². The van der Waals surface area contributed by atoms with Crippen LogP contribution in [0.15, 0.2) is 22.0 Å². The highest BCUT2D eigenvalue weighted by molar-refractivity contribution is 7.13. The third kappa shape index (κ3) is 1.68. The van der Waals surface area contributed by atoms with Crippen LogP contribution in [0.1, 0.15) is 44.3 Å². The van der Waals surface area contributed by atoms with E-state index in [-0.39, 0.29) is 5.41 Å². The van der Waals surface area contributed by atoms with E-state index in [2.05, 4.69) is 22.7 Å². The molecule has 4 aliphatic carbocycles. The third-order valence-electron chi connectivity index (χ3n) is 6.01. The standard InChI is InChI=1S/C17H20N2OS/c18-16-14(13-2-1-3-21-13)15(20-19-16)17-7-10-4-11(8-17)6-12(5-10)9-17/h1-3,10-12H,4-9H2,(H2,18,19). The van der Waals surface area contributed by atoms with E-state index in [1.165, 1.54) is 43.4 Å². The lowest BCUT2D eigenvalue weighted by Gasteiger charge is -2.55. The van der Waals surface area contributed by atoms with E-state index >= 15 is 0 Å². The lowest BCUT2D eigenvalue weighted by molar-refractivity contribution is -0.0171. The normalized spacial score (nSPS) is 37.2. The molecule has 2 aromatic heterocycles. The van der Waals surface area contributed by atoms with Crippen LogP contribution in [-0.4, -0.2) is 5.16 Å². The molecule has 4 saturated carbocycles. The molecule has 0 atom stereocenters. The summed E-state index contributed by atoms with van der Waals surface area (Å²) in [4.78, 5) is 1.21. The Morgan fingerprint density at radius 1 is 1.14 bits per heavy atom. The summed E-state index contributed by atoms with van der Waals surface area (Å²) in [5.74, 6) is 4.38. The first-order valence-corrected chi connectivity index (χ1v) is 8.91. The molecule has 0 aliphatic heterocycles. The number of nitrogens with two attached hydrogens (primary N) is 1. The second kappa shape index (κ2) is 4.13. The molecule has 0 amide bonds. The molecule has 0 saturated heterocycles. The molecule has 0 aromatic carbocycles. The zero-order chi connectivity index (χ0) is 14.0. The number of aromatic nitrogens is 1. The predicted molar refractivity (Wildman–Crippen MR) is 84.1 cm³/mol. The maximum atomic E-state index is 6.15. The summed E-state index contributed by atoms with van der Waals surface area (Å²) in [6, 6.07) is 4.22. The molecule has 2 aromatic rings. The minimum Gasteiger partial charge on any atom is -0.380 e. The summed E-state index contributed by atoms with van der Waals surface area (Å²) in [6.07, 6.45) is 8.18. The van der Waals surface area contributed by atoms with Gasteiger partial charge in [0, 0.05) is 10.3 Å². The van der Waals surface area contributed by atoms with Crippen molar-refractivity contribution < 1.29 is 4.52 Å². The van der Waals surface area contributed by atoms with Crippen molar-refractivity contribution in [2.75, 3.05) is 5.73 Å². The van der Waals surface area contributed by atoms with Gasteiger partial charge in [-0.15, -0.1) is 11.3 Å². The second-order valence-corrected chi connectivity index (χ2v) is 8.39. The maximum Gasteiger partial charge on any atom is 0.175 e. The van der Waals surface area contributed by atoms with Gasteiger partial charge in [-0.3, -0.25) is 0 Å². The molecule has 0 radical (unpaired) electrons. The van der Waals surface area contributed by atoms with E-state index in [1.54, 1.807) is 11.3 Å². The van der Waals surface area contributed by atoms with Gasteiger partial charge in [0.05, 0.1) is 5.56 Å². The molecule has 4 heteroatoms. The average Bonchev–Trinajstić information content (AvgIpc) is 3.05. The molecular weight excluding hydrogens is 280 g/mol. The Kier molecular flexibility index (Phi) is 2.41. The lowest BCUT2D eigenvalue weighted by Crippen LogP contribution is -2.48. The van der Waals surface area contributed by atoms with Crippen molar-refractivity contribution >= 4 is 17.2 Å². The largest absolute Gasteiger partial charge is 0.380 e. The number of anilines is 1. The summed E-state index contributed by atoms with van der Waals surface area (Å²) in [5, 5.41) is 6.24. The molecule has 4 bridgehead atoms. The Bertz CT molecular complexity index is 638. The summed E-state index contributed by atoms with van der Waals surface area (Å²) in [6.45, 7) is 0. The number of nitrogen functional groups attached to an aromatic ring is 1. The fourth-order valence-electron chi connectivity index (χ4n) is 5.71. The number of rotatable bonds is 2. The van der Waals surface area contributed by atoms with Gasteiger partial charge in [0.2, 0.25) is 0 Å². The molecule has 0 unspecified atom stereocenters. The fourth-order valence-corrected chi connectivity index (χ4v) is 6.49. The Labute approximate surface area is 128 Å². The Morgan fingerprint density at radius 2 is 1.81 bits per heavy atom. The molecule has 3 nitrogen and oxygen atoms in total. The van der Waals surface area contributed by atoms with Gasteiger partial charge in [0.1, 0.15) is 0 Å². The van der Waals surface area contributed by atoms with Crippen molar-refractivity contribution in [2.45, 2.75) is 43.9 Å². The van der Waals surface area contributed by atoms with Crippen LogP contribution < -0.4 is 5.73 Å². The third-order valence-corrected chi connectivity index (χ3v) is 6.89. The minimum atomic E-state index is 0.221. The van der Waals surface area contributed by atoms with Gasteiger partial charge in [-0.1, -0.05) is 11.2 Å². The number of thiophene rings is 1. The Morgan fingerprint density at radius 3 is 2.38 bits per heavy atom. The number of nitrogens with zero attached hydrogens (tertiary/aromatic N) is 1. The Hall–Kier alpha value is -1.29. The highest BCUT2D eigenvalue weighted by atomic mass is 32.1. The quantitative estimate of drug-likeness (QED) is 0.891. The van der Waals surface area contributed by atoms with Gasteiger partial charge >= 0.3 is 0 Å². The maximum absolute atomic E-state index is 6.15. The van der Waals surface area contributed by atoms with Crippen LogP contribution in [0, 0.1) is 17.8 Å². The zero-order valence-electron chi connectivity index (χ0n) is 12.0. The topological polar surface area (TPSA) is 52.0 Å². The molecule has 0 spiro atoms. The number of hydrogen-bond donors (Lipinski definition) is 1. The van der Waals surface area contributed by atoms with Crippen LogP contribution >= 0.6 is 11.3 Å². The lowest BCUT2D eigenvalue weighted by atomic mass is 9.48. The van der Waals surface area contributed by atoms with E-state index in [0.717, 1.165) is 29.1 Å². The monoisotopic (exact) mass is 300 g/mol. The van der Waals surface area contributed by atoms with Crippen LogP contribution in [0.4, 0.5) is 5.82 Å². The molecular formula is C17H20N2OS. The van der Waals surface area contributed by atoms with Crippen LogP contribution in [0.5, 0.6) is 0 Å². The highest BCUT2D eigenvalue weighted by Crippen LogP contribution is 2.62. The summed E-state index contributed by atoms with van der Waals surface area (Å²) in [7, 11) is 0.